The van der Waals surface area contributed by atoms with Crippen molar-refractivity contribution in [3.63, 3.8) is 0 Å². The second-order valence-electron chi connectivity index (χ2n) is 4.48. The van der Waals surface area contributed by atoms with E-state index in [0.717, 1.165) is 17.4 Å². The summed E-state index contributed by atoms with van der Waals surface area (Å²) in [7, 11) is 1.60. The van der Waals surface area contributed by atoms with Crippen LogP contribution < -0.4 is 10.1 Å². The third-order valence-electron chi connectivity index (χ3n) is 3.00. The number of benzene rings is 2. The van der Waals surface area contributed by atoms with Crippen LogP contribution in [-0.2, 0) is 6.42 Å². The van der Waals surface area contributed by atoms with Crippen LogP contribution in [0.1, 0.15) is 5.56 Å². The van der Waals surface area contributed by atoms with Crippen molar-refractivity contribution in [1.29, 1.82) is 0 Å². The minimum atomic E-state index is -0.629. The maximum absolute atomic E-state index is 13.3. The lowest BCUT2D eigenvalue weighted by Gasteiger charge is -2.07. The van der Waals surface area contributed by atoms with Crippen LogP contribution in [0, 0.1) is 15.9 Å². The Labute approximate surface area is 121 Å². The average Bonchev–Trinajstić information content (AvgIpc) is 2.47. The van der Waals surface area contributed by atoms with Gasteiger partial charge >= 0.3 is 0 Å². The van der Waals surface area contributed by atoms with E-state index in [1.165, 1.54) is 12.1 Å². The second-order valence-corrected chi connectivity index (χ2v) is 4.48. The van der Waals surface area contributed by atoms with Crippen molar-refractivity contribution in [2.75, 3.05) is 19.0 Å². The predicted octanol–water partition coefficient (Wildman–Crippen LogP) is 3.40. The molecular weight excluding hydrogens is 275 g/mol. The first-order valence-electron chi connectivity index (χ1n) is 6.40. The highest BCUT2D eigenvalue weighted by molar-refractivity contribution is 5.51. The number of ether oxygens (including phenoxy) is 1. The molecule has 21 heavy (non-hydrogen) atoms. The molecule has 2 aromatic carbocycles. The van der Waals surface area contributed by atoms with Gasteiger partial charge in [0, 0.05) is 18.3 Å². The monoisotopic (exact) mass is 290 g/mol. The maximum Gasteiger partial charge on any atom is 0.274 e. The van der Waals surface area contributed by atoms with Gasteiger partial charge in [0.25, 0.3) is 5.69 Å². The van der Waals surface area contributed by atoms with Gasteiger partial charge in [-0.05, 0) is 30.2 Å². The maximum atomic E-state index is 13.3. The van der Waals surface area contributed by atoms with Crippen LogP contribution in [0.4, 0.5) is 15.8 Å². The molecule has 0 saturated carbocycles. The summed E-state index contributed by atoms with van der Waals surface area (Å²) in [5.41, 5.74) is 1.23. The van der Waals surface area contributed by atoms with Crippen LogP contribution in [-0.4, -0.2) is 18.6 Å². The fraction of sp³-hybridized carbons (Fsp3) is 0.200. The van der Waals surface area contributed by atoms with Crippen LogP contribution in [0.15, 0.2) is 42.5 Å². The first-order valence-corrected chi connectivity index (χ1v) is 6.40. The van der Waals surface area contributed by atoms with Gasteiger partial charge in [-0.3, -0.25) is 10.1 Å². The zero-order valence-electron chi connectivity index (χ0n) is 11.5. The van der Waals surface area contributed by atoms with Gasteiger partial charge in [-0.1, -0.05) is 12.1 Å². The number of rotatable bonds is 6. The van der Waals surface area contributed by atoms with Crippen LogP contribution in [0.2, 0.25) is 0 Å². The number of non-ortho nitro benzene ring substituents is 1. The molecule has 6 heteroatoms. The lowest BCUT2D eigenvalue weighted by atomic mass is 10.1. The first-order chi connectivity index (χ1) is 10.1. The highest BCUT2D eigenvalue weighted by Gasteiger charge is 2.09. The first kappa shape index (κ1) is 14.8. The zero-order valence-corrected chi connectivity index (χ0v) is 11.5. The number of nitro groups is 1. The van der Waals surface area contributed by atoms with Crippen molar-refractivity contribution in [1.82, 2.24) is 0 Å². The van der Waals surface area contributed by atoms with E-state index in [4.69, 9.17) is 4.74 Å². The van der Waals surface area contributed by atoms with Crippen molar-refractivity contribution >= 4 is 11.4 Å². The molecule has 0 atom stereocenters. The summed E-state index contributed by atoms with van der Waals surface area (Å²) in [5, 5.41) is 13.6. The number of halogens is 1. The lowest BCUT2D eigenvalue weighted by molar-refractivity contribution is -0.385. The topological polar surface area (TPSA) is 64.4 Å². The standard InChI is InChI=1S/C15H15FN2O3/c1-21-15-4-2-11(3-5-15)6-7-17-13-8-12(16)9-14(10-13)18(19)20/h2-5,8-10,17H,6-7H2,1H3. The third-order valence-corrected chi connectivity index (χ3v) is 3.00. The van der Waals surface area contributed by atoms with Crippen molar-refractivity contribution in [3.05, 3.63) is 64.0 Å². The smallest absolute Gasteiger partial charge is 0.274 e. The van der Waals surface area contributed by atoms with E-state index in [-0.39, 0.29) is 5.69 Å². The van der Waals surface area contributed by atoms with Crippen LogP contribution in [0.25, 0.3) is 0 Å². The van der Waals surface area contributed by atoms with Gasteiger partial charge < -0.3 is 10.1 Å². The molecule has 2 aromatic rings. The highest BCUT2D eigenvalue weighted by atomic mass is 19.1. The van der Waals surface area contributed by atoms with Gasteiger partial charge in [-0.2, -0.15) is 0 Å². The van der Waals surface area contributed by atoms with Crippen molar-refractivity contribution in [2.45, 2.75) is 6.42 Å². The van der Waals surface area contributed by atoms with Gasteiger partial charge in [0.1, 0.15) is 11.6 Å². The molecule has 0 heterocycles. The molecule has 0 spiro atoms. The van der Waals surface area contributed by atoms with Crippen LogP contribution in [0.5, 0.6) is 5.75 Å². The van der Waals surface area contributed by atoms with Crippen LogP contribution >= 0.6 is 0 Å². The van der Waals surface area contributed by atoms with Crippen molar-refractivity contribution in [3.8, 4) is 5.75 Å². The van der Waals surface area contributed by atoms with Gasteiger partial charge in [-0.25, -0.2) is 4.39 Å². The fourth-order valence-electron chi connectivity index (χ4n) is 1.92. The Morgan fingerprint density at radius 3 is 2.57 bits per heavy atom. The molecule has 2 rings (SSSR count). The third kappa shape index (κ3) is 4.17. The number of hydrogen-bond acceptors (Lipinski definition) is 4. The van der Waals surface area contributed by atoms with Gasteiger partial charge in [-0.15, -0.1) is 0 Å². The molecule has 1 N–H and O–H groups in total. The van der Waals surface area contributed by atoms with E-state index in [2.05, 4.69) is 5.32 Å². The minimum absolute atomic E-state index is 0.262. The molecule has 0 amide bonds. The van der Waals surface area contributed by atoms with Gasteiger partial charge in [0.05, 0.1) is 18.1 Å². The summed E-state index contributed by atoms with van der Waals surface area (Å²) < 4.78 is 18.3. The summed E-state index contributed by atoms with van der Waals surface area (Å²) in [4.78, 5) is 10.0. The Bertz CT molecular complexity index is 629. The summed E-state index contributed by atoms with van der Waals surface area (Å²) in [6, 6.07) is 11.1. The Morgan fingerprint density at radius 2 is 1.95 bits per heavy atom. The molecule has 0 aliphatic rings. The van der Waals surface area contributed by atoms with Gasteiger partial charge in [0.2, 0.25) is 0 Å². The molecule has 0 saturated heterocycles. The number of nitro benzene ring substituents is 1. The van der Waals surface area contributed by atoms with E-state index < -0.39 is 10.7 Å². The van der Waals surface area contributed by atoms with E-state index in [9.17, 15) is 14.5 Å². The SMILES string of the molecule is COc1ccc(CCNc2cc(F)cc([N+](=O)[O-])c2)cc1. The molecule has 0 fully saturated rings. The molecule has 0 unspecified atom stereocenters. The Morgan fingerprint density at radius 1 is 1.24 bits per heavy atom. The minimum Gasteiger partial charge on any atom is -0.497 e. The number of methoxy groups -OCH3 is 1. The molecule has 0 radical (unpaired) electrons. The zero-order chi connectivity index (χ0) is 15.2. The molecule has 0 bridgehead atoms. The predicted molar refractivity (Wildman–Crippen MR) is 78.2 cm³/mol. The van der Waals surface area contributed by atoms with Crippen molar-refractivity contribution in [2.24, 2.45) is 0 Å². The number of hydrogen-bond donors (Lipinski definition) is 1. The Hall–Kier alpha value is -2.63. The fourth-order valence-corrected chi connectivity index (χ4v) is 1.92. The molecule has 0 aliphatic carbocycles. The summed E-state index contributed by atoms with van der Waals surface area (Å²) >= 11 is 0. The quantitative estimate of drug-likeness (QED) is 0.654. The molecule has 5 nitrogen and oxygen atoms in total. The summed E-state index contributed by atoms with van der Waals surface area (Å²) in [6.07, 6.45) is 0.717. The molecule has 110 valence electrons. The number of nitrogens with zero attached hydrogens (tertiary/aromatic N) is 1. The normalized spacial score (nSPS) is 10.2. The molecule has 0 aromatic heterocycles. The average molecular weight is 290 g/mol. The van der Waals surface area contributed by atoms with Crippen molar-refractivity contribution < 1.29 is 14.1 Å². The Balaban J connectivity index is 1.95. The summed E-state index contributed by atoms with van der Waals surface area (Å²) in [6.45, 7) is 0.549. The van der Waals surface area contributed by atoms with Crippen LogP contribution in [0.3, 0.4) is 0 Å². The Kier molecular flexibility index (Phi) is 4.71. The van der Waals surface area contributed by atoms with E-state index in [0.29, 0.717) is 18.7 Å². The molecule has 0 aliphatic heterocycles. The van der Waals surface area contributed by atoms with Gasteiger partial charge in [0.15, 0.2) is 0 Å². The largest absolute Gasteiger partial charge is 0.497 e. The highest BCUT2D eigenvalue weighted by Crippen LogP contribution is 2.20. The molecular formula is C15H15FN2O3. The number of nitrogens with one attached hydrogen (secondary N) is 1. The number of anilines is 1. The van der Waals surface area contributed by atoms with E-state index in [1.807, 2.05) is 24.3 Å². The lowest BCUT2D eigenvalue weighted by Crippen LogP contribution is -2.05. The summed E-state index contributed by atoms with van der Waals surface area (Å²) in [5.74, 6) is 0.156. The van der Waals surface area contributed by atoms with E-state index in [1.54, 1.807) is 7.11 Å². The van der Waals surface area contributed by atoms with E-state index >= 15 is 0 Å². The second kappa shape index (κ2) is 6.69.